The maximum absolute atomic E-state index is 12.8. The molecule has 3 unspecified atom stereocenters. The van der Waals surface area contributed by atoms with Crippen LogP contribution in [0.15, 0.2) is 6.33 Å². The molecular weight excluding hydrogens is 598 g/mol. The first kappa shape index (κ1) is 29.2. The summed E-state index contributed by atoms with van der Waals surface area (Å²) in [5, 5.41) is 10.8. The third-order valence-electron chi connectivity index (χ3n) is 4.33. The van der Waals surface area contributed by atoms with Gasteiger partial charge < -0.3 is 40.1 Å². The van der Waals surface area contributed by atoms with E-state index in [0.717, 1.165) is 6.33 Å². The van der Waals surface area contributed by atoms with E-state index in [-0.39, 0.29) is 21.8 Å². The molecule has 1 fully saturated rings. The number of nitrogen functional groups attached to an aromatic ring is 1. The second kappa shape index (κ2) is 10.4. The molecule has 0 spiro atoms. The predicted octanol–water partition coefficient (Wildman–Crippen LogP) is 0.623. The van der Waals surface area contributed by atoms with Crippen LogP contribution in [0.2, 0.25) is 0 Å². The third kappa shape index (κ3) is 6.57. The SMILES string of the molecule is Nc1nc(=S)c2ncn([C@@H]3O[C@H](COP(=O)(O)OP(=O)(O)OP(=O)(O)O)[C@H](O)C3(Cl)C#CCF)c2[nH]1. The summed E-state index contributed by atoms with van der Waals surface area (Å²) in [6, 6.07) is 0. The number of ether oxygens (including phenoxy) is 1. The van der Waals surface area contributed by atoms with Gasteiger partial charge in [0.25, 0.3) is 0 Å². The van der Waals surface area contributed by atoms with Crippen LogP contribution >= 0.6 is 47.3 Å². The average Bonchev–Trinajstić information content (AvgIpc) is 3.22. The Bertz CT molecular complexity index is 1420. The number of nitrogens with one attached hydrogen (secondary N) is 1. The van der Waals surface area contributed by atoms with Crippen molar-refractivity contribution < 1.29 is 60.6 Å². The number of phosphoric acid groups is 3. The van der Waals surface area contributed by atoms with Crippen LogP contribution in [0.3, 0.4) is 0 Å². The molecule has 23 heteroatoms. The zero-order chi connectivity index (χ0) is 27.1. The van der Waals surface area contributed by atoms with Crippen LogP contribution in [0.4, 0.5) is 10.3 Å². The first-order valence-electron chi connectivity index (χ1n) is 9.07. The number of H-pyrrole nitrogens is 1. The van der Waals surface area contributed by atoms with Crippen molar-refractivity contribution >= 4 is 64.4 Å². The molecule has 0 aliphatic carbocycles. The van der Waals surface area contributed by atoms with Gasteiger partial charge in [-0.25, -0.2) is 28.1 Å². The summed E-state index contributed by atoms with van der Waals surface area (Å²) in [5.74, 6) is 4.23. The first-order chi connectivity index (χ1) is 16.5. The van der Waals surface area contributed by atoms with Crippen molar-refractivity contribution in [3.63, 3.8) is 0 Å². The molecule has 6 atom stereocenters. The molecule has 17 nitrogen and oxygen atoms in total. The zero-order valence-electron chi connectivity index (χ0n) is 17.2. The molecule has 1 saturated heterocycles. The van der Waals surface area contributed by atoms with Crippen LogP contribution in [0.5, 0.6) is 0 Å². The molecule has 2 aromatic heterocycles. The molecule has 36 heavy (non-hydrogen) atoms. The number of hydrogen-bond donors (Lipinski definition) is 7. The van der Waals surface area contributed by atoms with E-state index in [2.05, 4.69) is 34.0 Å². The van der Waals surface area contributed by atoms with E-state index in [4.69, 9.17) is 44.1 Å². The number of aromatic nitrogens is 4. The van der Waals surface area contributed by atoms with Gasteiger partial charge in [0.2, 0.25) is 0 Å². The van der Waals surface area contributed by atoms with Crippen molar-refractivity contribution in [1.29, 1.82) is 0 Å². The average molecular weight is 614 g/mol. The number of imidazole rings is 1. The number of nitrogens with two attached hydrogens (primary N) is 1. The summed E-state index contributed by atoms with van der Waals surface area (Å²) in [6.45, 7) is -2.22. The number of fused-ring (bicyclic) bond motifs is 1. The molecular formula is C13H16ClFN5O12P3S. The van der Waals surface area contributed by atoms with E-state index in [1.165, 1.54) is 4.57 Å². The zero-order valence-corrected chi connectivity index (χ0v) is 21.5. The van der Waals surface area contributed by atoms with E-state index in [9.17, 15) is 33.0 Å². The summed E-state index contributed by atoms with van der Waals surface area (Å²) in [5.41, 5.74) is 5.93. The van der Waals surface area contributed by atoms with E-state index < -0.39 is 60.1 Å². The molecule has 0 saturated carbocycles. The molecule has 2 aromatic rings. The normalized spacial score (nSPS) is 27.8. The lowest BCUT2D eigenvalue weighted by Gasteiger charge is -2.25. The van der Waals surface area contributed by atoms with Gasteiger partial charge >= 0.3 is 23.5 Å². The van der Waals surface area contributed by atoms with Crippen molar-refractivity contribution in [3.8, 4) is 11.8 Å². The number of phosphoric ester groups is 1. The molecule has 3 heterocycles. The maximum Gasteiger partial charge on any atom is 0.490 e. The Labute approximate surface area is 209 Å². The van der Waals surface area contributed by atoms with Gasteiger partial charge in [-0.15, -0.1) is 0 Å². The molecule has 1 aliphatic rings. The lowest BCUT2D eigenvalue weighted by molar-refractivity contribution is -0.0428. The Morgan fingerprint density at radius 1 is 1.31 bits per heavy atom. The summed E-state index contributed by atoms with van der Waals surface area (Å²) in [4.78, 5) is 44.5. The minimum absolute atomic E-state index is 0.00207. The fraction of sp³-hybridized carbons (Fsp3) is 0.462. The van der Waals surface area contributed by atoms with Crippen LogP contribution in [0.25, 0.3) is 11.2 Å². The highest BCUT2D eigenvalue weighted by molar-refractivity contribution is 7.71. The fourth-order valence-electron chi connectivity index (χ4n) is 3.06. The Morgan fingerprint density at radius 3 is 2.58 bits per heavy atom. The monoisotopic (exact) mass is 613 g/mol. The Balaban J connectivity index is 1.89. The van der Waals surface area contributed by atoms with Crippen LogP contribution < -0.4 is 5.73 Å². The van der Waals surface area contributed by atoms with E-state index in [1.54, 1.807) is 0 Å². The van der Waals surface area contributed by atoms with Gasteiger partial charge in [0.1, 0.15) is 30.0 Å². The highest BCUT2D eigenvalue weighted by Gasteiger charge is 2.56. The second-order valence-corrected chi connectivity index (χ2v) is 12.3. The largest absolute Gasteiger partial charge is 0.490 e. The second-order valence-electron chi connectivity index (χ2n) is 6.84. The van der Waals surface area contributed by atoms with Crippen molar-refractivity contribution in [2.24, 2.45) is 0 Å². The number of anilines is 1. The van der Waals surface area contributed by atoms with E-state index in [0.29, 0.717) is 0 Å². The molecule has 0 bridgehead atoms. The van der Waals surface area contributed by atoms with Crippen LogP contribution in [-0.2, 0) is 31.6 Å². The number of aromatic amines is 1. The number of nitrogens with zero attached hydrogens (tertiary/aromatic N) is 3. The fourth-order valence-corrected chi connectivity index (χ4v) is 6.70. The number of rotatable bonds is 8. The molecule has 1 aliphatic heterocycles. The van der Waals surface area contributed by atoms with Gasteiger partial charge in [-0.1, -0.05) is 35.7 Å². The summed E-state index contributed by atoms with van der Waals surface area (Å²) >= 11 is 11.6. The molecule has 0 radical (unpaired) electrons. The van der Waals surface area contributed by atoms with Crippen molar-refractivity contribution in [1.82, 2.24) is 19.5 Å². The lowest BCUT2D eigenvalue weighted by atomic mass is 9.99. The molecule has 8 N–H and O–H groups in total. The molecule has 200 valence electrons. The highest BCUT2D eigenvalue weighted by atomic mass is 35.5. The number of aliphatic hydroxyl groups is 1. The van der Waals surface area contributed by atoms with Crippen molar-refractivity contribution in [2.45, 2.75) is 23.3 Å². The van der Waals surface area contributed by atoms with Crippen LogP contribution in [0, 0.1) is 16.5 Å². The quantitative estimate of drug-likeness (QED) is 0.0931. The van der Waals surface area contributed by atoms with Gasteiger partial charge in [0.15, 0.2) is 21.7 Å². The summed E-state index contributed by atoms with van der Waals surface area (Å²) < 4.78 is 65.5. The number of aliphatic hydroxyl groups excluding tert-OH is 1. The Kier molecular flexibility index (Phi) is 8.48. The molecule has 3 rings (SSSR count). The Morgan fingerprint density at radius 2 is 1.97 bits per heavy atom. The highest BCUT2D eigenvalue weighted by Crippen LogP contribution is 2.66. The summed E-state index contributed by atoms with van der Waals surface area (Å²) in [7, 11) is -16.9. The first-order valence-corrected chi connectivity index (χ1v) is 14.4. The molecule has 0 aromatic carbocycles. The maximum atomic E-state index is 12.8. The van der Waals surface area contributed by atoms with Gasteiger partial charge in [-0.2, -0.15) is 8.62 Å². The van der Waals surface area contributed by atoms with Crippen molar-refractivity contribution in [3.05, 3.63) is 11.0 Å². The van der Waals surface area contributed by atoms with Crippen LogP contribution in [0.1, 0.15) is 6.23 Å². The van der Waals surface area contributed by atoms with E-state index in [1.807, 2.05) is 5.92 Å². The van der Waals surface area contributed by atoms with Crippen molar-refractivity contribution in [2.75, 3.05) is 19.0 Å². The molecule has 0 amide bonds. The van der Waals surface area contributed by atoms with E-state index >= 15 is 0 Å². The standard InChI is InChI=1S/C13H16ClFN5O12P3S/c14-13(2-1-3-15)8(21)6(4-29-34(25,26)32-35(27,28)31-33(22,23)24)30-11(13)20-5-17-7-9(20)18-12(16)19-10(7)36/h5-6,8,11,21H,3-4H2,(H,25,26)(H,27,28)(H2,22,23,24)(H3,16,18,19,36)/t6-,8+,11-,13?/m1/s1. The van der Waals surface area contributed by atoms with Gasteiger partial charge in [-0.3, -0.25) is 9.09 Å². The lowest BCUT2D eigenvalue weighted by Crippen LogP contribution is -2.41. The minimum atomic E-state index is -5.78. The van der Waals surface area contributed by atoms with Crippen LogP contribution in [-0.4, -0.2) is 74.6 Å². The number of alkyl halides is 2. The van der Waals surface area contributed by atoms with Gasteiger partial charge in [0, 0.05) is 0 Å². The van der Waals surface area contributed by atoms with Gasteiger partial charge in [-0.05, 0) is 0 Å². The summed E-state index contributed by atoms with van der Waals surface area (Å²) in [6.07, 6.45) is -3.77. The minimum Gasteiger partial charge on any atom is -0.387 e. The topological polar surface area (TPSA) is 262 Å². The third-order valence-corrected chi connectivity index (χ3v) is 8.92. The predicted molar refractivity (Wildman–Crippen MR) is 119 cm³/mol. The Hall–Kier alpha value is -1.32. The van der Waals surface area contributed by atoms with Gasteiger partial charge in [0.05, 0.1) is 12.9 Å². The smallest absolute Gasteiger partial charge is 0.387 e. The number of hydrogen-bond acceptors (Lipinski definition) is 12. The number of halogens is 2.